The van der Waals surface area contributed by atoms with E-state index in [1.807, 2.05) is 0 Å². The second kappa shape index (κ2) is 3.30. The average molecular weight is 155 g/mol. The van der Waals surface area contributed by atoms with Crippen molar-refractivity contribution in [3.8, 4) is 0 Å². The lowest BCUT2D eigenvalue weighted by molar-refractivity contribution is -0.166. The van der Waals surface area contributed by atoms with E-state index >= 15 is 0 Å². The number of rotatable bonds is 2. The van der Waals surface area contributed by atoms with Crippen LogP contribution < -0.4 is 0 Å². The molecule has 0 radical (unpaired) electrons. The van der Waals surface area contributed by atoms with Gasteiger partial charge in [-0.2, -0.15) is 0 Å². The highest BCUT2D eigenvalue weighted by atomic mass is 16.6. The van der Waals surface area contributed by atoms with E-state index in [4.69, 9.17) is 0 Å². The first-order valence-electron chi connectivity index (χ1n) is 3.29. The Morgan fingerprint density at radius 2 is 2.00 bits per heavy atom. The number of esters is 2. The predicted octanol–water partition coefficient (Wildman–Crippen LogP) is -0.442. The Balaban J connectivity index is 2.49. The third-order valence-corrected chi connectivity index (χ3v) is 1.32. The maximum atomic E-state index is 10.6. The summed E-state index contributed by atoms with van der Waals surface area (Å²) in [5.41, 5.74) is 0. The molecule has 0 aromatic heterocycles. The minimum Gasteiger partial charge on any atom is -0.391 e. The highest BCUT2D eigenvalue weighted by molar-refractivity contribution is 5.90. The summed E-state index contributed by atoms with van der Waals surface area (Å²) in [5.74, 6) is -0.966. The number of ether oxygens (including phenoxy) is 1. The van der Waals surface area contributed by atoms with Crippen LogP contribution in [0.15, 0.2) is 12.7 Å². The first kappa shape index (κ1) is 7.94. The maximum absolute atomic E-state index is 10.6. The first-order valence-corrected chi connectivity index (χ1v) is 3.29. The molecule has 60 valence electrons. The highest BCUT2D eigenvalue weighted by Gasteiger charge is 2.23. The molecule has 0 saturated carbocycles. The third-order valence-electron chi connectivity index (χ3n) is 1.32. The van der Waals surface area contributed by atoms with Crippen molar-refractivity contribution >= 4 is 11.9 Å². The van der Waals surface area contributed by atoms with Gasteiger partial charge in [-0.3, -0.25) is 14.5 Å². The summed E-state index contributed by atoms with van der Waals surface area (Å²) in [7, 11) is 0. The summed E-state index contributed by atoms with van der Waals surface area (Å²) in [6, 6.07) is 0. The van der Waals surface area contributed by atoms with E-state index in [1.54, 1.807) is 11.0 Å². The van der Waals surface area contributed by atoms with Crippen molar-refractivity contribution in [2.75, 3.05) is 19.6 Å². The molecule has 0 N–H and O–H groups in total. The van der Waals surface area contributed by atoms with Crippen molar-refractivity contribution in [3.63, 3.8) is 0 Å². The predicted molar refractivity (Wildman–Crippen MR) is 37.7 cm³/mol. The van der Waals surface area contributed by atoms with Gasteiger partial charge in [-0.15, -0.1) is 6.58 Å². The number of nitrogens with zero attached hydrogens (tertiary/aromatic N) is 1. The Morgan fingerprint density at radius 1 is 1.45 bits per heavy atom. The molecule has 4 heteroatoms. The van der Waals surface area contributed by atoms with Crippen molar-refractivity contribution in [2.24, 2.45) is 0 Å². The summed E-state index contributed by atoms with van der Waals surface area (Å²) in [6.07, 6.45) is 1.64. The van der Waals surface area contributed by atoms with Gasteiger partial charge >= 0.3 is 11.9 Å². The zero-order valence-corrected chi connectivity index (χ0v) is 6.08. The molecule has 1 saturated heterocycles. The molecule has 1 heterocycles. The van der Waals surface area contributed by atoms with Gasteiger partial charge in [0.05, 0.1) is 13.1 Å². The van der Waals surface area contributed by atoms with E-state index < -0.39 is 11.9 Å². The second-order valence-corrected chi connectivity index (χ2v) is 2.30. The number of morpholine rings is 1. The van der Waals surface area contributed by atoms with Crippen molar-refractivity contribution in [3.05, 3.63) is 12.7 Å². The maximum Gasteiger partial charge on any atom is 0.327 e. The van der Waals surface area contributed by atoms with Gasteiger partial charge in [0.1, 0.15) is 0 Å². The molecule has 0 spiro atoms. The molecule has 0 aliphatic carbocycles. The largest absolute Gasteiger partial charge is 0.391 e. The van der Waals surface area contributed by atoms with Crippen LogP contribution in [0.2, 0.25) is 0 Å². The number of carbonyl (C=O) groups is 2. The molecule has 0 aromatic rings. The quantitative estimate of drug-likeness (QED) is 0.308. The van der Waals surface area contributed by atoms with Crippen molar-refractivity contribution in [2.45, 2.75) is 0 Å². The zero-order valence-electron chi connectivity index (χ0n) is 6.08. The van der Waals surface area contributed by atoms with Gasteiger partial charge in [-0.25, -0.2) is 0 Å². The molecule has 1 aliphatic rings. The fourth-order valence-electron chi connectivity index (χ4n) is 0.924. The van der Waals surface area contributed by atoms with Crippen LogP contribution in [0, 0.1) is 0 Å². The lowest BCUT2D eigenvalue weighted by Gasteiger charge is -2.22. The normalized spacial score (nSPS) is 19.6. The van der Waals surface area contributed by atoms with Crippen LogP contribution in [-0.2, 0) is 14.3 Å². The van der Waals surface area contributed by atoms with Gasteiger partial charge in [0.25, 0.3) is 0 Å². The molecule has 0 atom stereocenters. The van der Waals surface area contributed by atoms with Crippen LogP contribution in [-0.4, -0.2) is 36.5 Å². The molecule has 1 fully saturated rings. The van der Waals surface area contributed by atoms with Gasteiger partial charge in [0.2, 0.25) is 0 Å². The van der Waals surface area contributed by atoms with Gasteiger partial charge < -0.3 is 4.74 Å². The number of cyclic esters (lactones) is 2. The lowest BCUT2D eigenvalue weighted by atomic mass is 10.4. The Hall–Kier alpha value is -1.16. The summed E-state index contributed by atoms with van der Waals surface area (Å²) in [6.45, 7) is 4.40. The Kier molecular flexibility index (Phi) is 2.38. The van der Waals surface area contributed by atoms with Crippen LogP contribution in [0.5, 0.6) is 0 Å². The van der Waals surface area contributed by atoms with Gasteiger partial charge in [0.15, 0.2) is 0 Å². The molecule has 0 aromatic carbocycles. The minimum atomic E-state index is -0.483. The number of hydrogen-bond acceptors (Lipinski definition) is 4. The molecular weight excluding hydrogens is 146 g/mol. The topological polar surface area (TPSA) is 46.6 Å². The van der Waals surface area contributed by atoms with Crippen molar-refractivity contribution < 1.29 is 14.3 Å². The fourth-order valence-corrected chi connectivity index (χ4v) is 0.924. The third kappa shape index (κ3) is 2.16. The standard InChI is InChI=1S/C7H9NO3/c1-2-3-8-4-6(9)11-7(10)5-8/h2H,1,3-5H2. The molecule has 0 amide bonds. The summed E-state index contributed by atoms with van der Waals surface area (Å²) >= 11 is 0. The Bertz CT molecular complexity index is 184. The minimum absolute atomic E-state index is 0.178. The molecule has 1 rings (SSSR count). The summed E-state index contributed by atoms with van der Waals surface area (Å²) in [4.78, 5) is 22.9. The zero-order chi connectivity index (χ0) is 8.27. The van der Waals surface area contributed by atoms with Gasteiger partial charge in [-0.1, -0.05) is 6.08 Å². The van der Waals surface area contributed by atoms with Crippen molar-refractivity contribution in [1.29, 1.82) is 0 Å². The fraction of sp³-hybridized carbons (Fsp3) is 0.429. The van der Waals surface area contributed by atoms with Crippen LogP contribution >= 0.6 is 0 Å². The molecule has 0 unspecified atom stereocenters. The van der Waals surface area contributed by atoms with E-state index in [2.05, 4.69) is 11.3 Å². The van der Waals surface area contributed by atoms with Gasteiger partial charge in [-0.05, 0) is 0 Å². The van der Waals surface area contributed by atoms with E-state index in [0.717, 1.165) is 0 Å². The first-order chi connectivity index (χ1) is 5.22. The Morgan fingerprint density at radius 3 is 2.45 bits per heavy atom. The second-order valence-electron chi connectivity index (χ2n) is 2.30. The molecule has 11 heavy (non-hydrogen) atoms. The van der Waals surface area contributed by atoms with E-state index in [-0.39, 0.29) is 13.1 Å². The molecular formula is C7H9NO3. The average Bonchev–Trinajstić information content (AvgIpc) is 1.85. The molecule has 1 aliphatic heterocycles. The van der Waals surface area contributed by atoms with E-state index in [9.17, 15) is 9.59 Å². The van der Waals surface area contributed by atoms with Crippen LogP contribution in [0.4, 0.5) is 0 Å². The van der Waals surface area contributed by atoms with Crippen LogP contribution in [0.3, 0.4) is 0 Å². The summed E-state index contributed by atoms with van der Waals surface area (Å²) < 4.78 is 4.31. The summed E-state index contributed by atoms with van der Waals surface area (Å²) in [5, 5.41) is 0. The van der Waals surface area contributed by atoms with Gasteiger partial charge in [0, 0.05) is 6.54 Å². The molecule has 4 nitrogen and oxygen atoms in total. The van der Waals surface area contributed by atoms with Crippen LogP contribution in [0.25, 0.3) is 0 Å². The van der Waals surface area contributed by atoms with E-state index in [1.165, 1.54) is 0 Å². The molecule has 0 bridgehead atoms. The lowest BCUT2D eigenvalue weighted by Crippen LogP contribution is -2.42. The smallest absolute Gasteiger partial charge is 0.327 e. The Labute approximate surface area is 64.4 Å². The number of carbonyl (C=O) groups excluding carboxylic acids is 2. The SMILES string of the molecule is C=CCN1CC(=O)OC(=O)C1. The monoisotopic (exact) mass is 155 g/mol. The van der Waals surface area contributed by atoms with Crippen LogP contribution in [0.1, 0.15) is 0 Å². The number of hydrogen-bond donors (Lipinski definition) is 0. The highest BCUT2D eigenvalue weighted by Crippen LogP contribution is 1.98. The van der Waals surface area contributed by atoms with Crippen molar-refractivity contribution in [1.82, 2.24) is 4.90 Å². The van der Waals surface area contributed by atoms with E-state index in [0.29, 0.717) is 6.54 Å².